The van der Waals surface area contributed by atoms with Gasteiger partial charge in [0.1, 0.15) is 0 Å². The van der Waals surface area contributed by atoms with Gasteiger partial charge in [-0.15, -0.1) is 0 Å². The van der Waals surface area contributed by atoms with Crippen LogP contribution in [-0.2, 0) is 0 Å². The second-order valence-electron chi connectivity index (χ2n) is 6.70. The summed E-state index contributed by atoms with van der Waals surface area (Å²) in [6, 6.07) is 9.68. The number of nitrogens with zero attached hydrogens (tertiary/aromatic N) is 2. The molecule has 2 atom stereocenters. The summed E-state index contributed by atoms with van der Waals surface area (Å²) < 4.78 is 0. The maximum absolute atomic E-state index is 6.09. The molecule has 0 spiro atoms. The summed E-state index contributed by atoms with van der Waals surface area (Å²) in [6.07, 6.45) is 4.03. The van der Waals surface area contributed by atoms with E-state index < -0.39 is 0 Å². The summed E-state index contributed by atoms with van der Waals surface area (Å²) in [4.78, 5) is 5.33. The van der Waals surface area contributed by atoms with E-state index in [1.54, 1.807) is 0 Å². The predicted molar refractivity (Wildman–Crippen MR) is 93.5 cm³/mol. The molecule has 0 aliphatic carbocycles. The SMILES string of the molecule is CC1CCCCN1C(CN1CCNCC1)c1ccc(Cl)cc1. The third kappa shape index (κ3) is 4.02. The van der Waals surface area contributed by atoms with Crippen molar-refractivity contribution in [3.8, 4) is 0 Å². The van der Waals surface area contributed by atoms with Crippen molar-refractivity contribution in [2.45, 2.75) is 38.3 Å². The van der Waals surface area contributed by atoms with E-state index in [1.807, 2.05) is 12.1 Å². The molecule has 2 fully saturated rings. The average molecular weight is 322 g/mol. The Morgan fingerprint density at radius 2 is 1.86 bits per heavy atom. The molecule has 2 aliphatic heterocycles. The number of piperidine rings is 1. The Morgan fingerprint density at radius 1 is 1.14 bits per heavy atom. The van der Waals surface area contributed by atoms with E-state index in [0.717, 1.165) is 37.7 Å². The molecule has 0 amide bonds. The lowest BCUT2D eigenvalue weighted by Gasteiger charge is -2.42. The van der Waals surface area contributed by atoms with E-state index in [2.05, 4.69) is 34.2 Å². The molecule has 0 saturated carbocycles. The Labute approximate surface area is 139 Å². The fourth-order valence-corrected chi connectivity index (χ4v) is 3.93. The molecule has 4 heteroatoms. The van der Waals surface area contributed by atoms with E-state index >= 15 is 0 Å². The highest BCUT2D eigenvalue weighted by Gasteiger charge is 2.29. The third-order valence-corrected chi connectivity index (χ3v) is 5.40. The zero-order chi connectivity index (χ0) is 15.4. The van der Waals surface area contributed by atoms with E-state index in [9.17, 15) is 0 Å². The number of likely N-dealkylation sites (tertiary alicyclic amines) is 1. The van der Waals surface area contributed by atoms with Gasteiger partial charge in [-0.2, -0.15) is 0 Å². The fraction of sp³-hybridized carbons (Fsp3) is 0.667. The average Bonchev–Trinajstić information content (AvgIpc) is 2.55. The van der Waals surface area contributed by atoms with Crippen molar-refractivity contribution in [1.82, 2.24) is 15.1 Å². The zero-order valence-corrected chi connectivity index (χ0v) is 14.4. The molecule has 2 heterocycles. The monoisotopic (exact) mass is 321 g/mol. The molecular formula is C18H28ClN3. The highest BCUT2D eigenvalue weighted by atomic mass is 35.5. The van der Waals surface area contributed by atoms with E-state index in [4.69, 9.17) is 11.6 Å². The smallest absolute Gasteiger partial charge is 0.0478 e. The largest absolute Gasteiger partial charge is 0.314 e. The Balaban J connectivity index is 1.78. The molecule has 3 nitrogen and oxygen atoms in total. The van der Waals surface area contributed by atoms with Crippen molar-refractivity contribution in [2.75, 3.05) is 39.3 Å². The van der Waals surface area contributed by atoms with Crippen molar-refractivity contribution >= 4 is 11.6 Å². The van der Waals surface area contributed by atoms with Gasteiger partial charge in [0, 0.05) is 49.8 Å². The lowest BCUT2D eigenvalue weighted by atomic mass is 9.96. The van der Waals surface area contributed by atoms with Gasteiger partial charge in [-0.25, -0.2) is 0 Å². The second kappa shape index (κ2) is 7.78. The maximum atomic E-state index is 6.09. The first-order valence-electron chi connectivity index (χ1n) is 8.68. The molecule has 1 aromatic rings. The molecule has 0 radical (unpaired) electrons. The molecule has 1 N–H and O–H groups in total. The number of rotatable bonds is 4. The molecule has 2 saturated heterocycles. The van der Waals surface area contributed by atoms with Crippen LogP contribution in [0.3, 0.4) is 0 Å². The normalized spacial score (nSPS) is 26.0. The summed E-state index contributed by atoms with van der Waals surface area (Å²) in [5.41, 5.74) is 1.41. The van der Waals surface area contributed by atoms with Crippen molar-refractivity contribution in [1.29, 1.82) is 0 Å². The molecular weight excluding hydrogens is 294 g/mol. The lowest BCUT2D eigenvalue weighted by molar-refractivity contribution is 0.0722. The van der Waals surface area contributed by atoms with Gasteiger partial charge in [0.05, 0.1) is 0 Å². The number of nitrogens with one attached hydrogen (secondary N) is 1. The van der Waals surface area contributed by atoms with E-state index in [-0.39, 0.29) is 0 Å². The first-order valence-corrected chi connectivity index (χ1v) is 9.06. The van der Waals surface area contributed by atoms with E-state index in [0.29, 0.717) is 12.1 Å². The summed E-state index contributed by atoms with van der Waals surface area (Å²) in [5.74, 6) is 0. The molecule has 1 aromatic carbocycles. The van der Waals surface area contributed by atoms with Crippen molar-refractivity contribution in [3.63, 3.8) is 0 Å². The Hall–Kier alpha value is -0.610. The van der Waals surface area contributed by atoms with Crippen LogP contribution in [-0.4, -0.2) is 55.1 Å². The van der Waals surface area contributed by atoms with Crippen LogP contribution in [0.5, 0.6) is 0 Å². The van der Waals surface area contributed by atoms with Crippen molar-refractivity contribution in [2.24, 2.45) is 0 Å². The molecule has 3 rings (SSSR count). The first-order chi connectivity index (χ1) is 10.7. The van der Waals surface area contributed by atoms with Crippen molar-refractivity contribution in [3.05, 3.63) is 34.9 Å². The van der Waals surface area contributed by atoms with Crippen LogP contribution in [0, 0.1) is 0 Å². The van der Waals surface area contributed by atoms with Gasteiger partial charge in [0.2, 0.25) is 0 Å². The van der Waals surface area contributed by atoms with Gasteiger partial charge in [-0.1, -0.05) is 30.2 Å². The molecule has 2 unspecified atom stereocenters. The van der Waals surface area contributed by atoms with E-state index in [1.165, 1.54) is 31.4 Å². The minimum absolute atomic E-state index is 0.491. The van der Waals surface area contributed by atoms with Gasteiger partial charge >= 0.3 is 0 Å². The van der Waals surface area contributed by atoms with Crippen LogP contribution in [0.4, 0.5) is 0 Å². The number of halogens is 1. The minimum Gasteiger partial charge on any atom is -0.314 e. The van der Waals surface area contributed by atoms with Gasteiger partial charge in [0.15, 0.2) is 0 Å². The topological polar surface area (TPSA) is 18.5 Å². The molecule has 2 aliphatic rings. The predicted octanol–water partition coefficient (Wildman–Crippen LogP) is 3.16. The summed E-state index contributed by atoms with van der Waals surface area (Å²) >= 11 is 6.09. The molecule has 122 valence electrons. The number of hydrogen-bond acceptors (Lipinski definition) is 3. The Morgan fingerprint density at radius 3 is 2.55 bits per heavy atom. The van der Waals surface area contributed by atoms with Crippen LogP contribution in [0.15, 0.2) is 24.3 Å². The lowest BCUT2D eigenvalue weighted by Crippen LogP contribution is -2.49. The Kier molecular flexibility index (Phi) is 5.75. The second-order valence-corrected chi connectivity index (χ2v) is 7.14. The van der Waals surface area contributed by atoms with Gasteiger partial charge < -0.3 is 5.32 Å². The van der Waals surface area contributed by atoms with Crippen LogP contribution in [0.25, 0.3) is 0 Å². The van der Waals surface area contributed by atoms with Gasteiger partial charge in [-0.3, -0.25) is 9.80 Å². The Bertz CT molecular complexity index is 456. The highest BCUT2D eigenvalue weighted by Crippen LogP contribution is 2.30. The van der Waals surface area contributed by atoms with Crippen LogP contribution >= 0.6 is 11.6 Å². The molecule has 0 bridgehead atoms. The van der Waals surface area contributed by atoms with Crippen LogP contribution in [0.1, 0.15) is 37.8 Å². The molecule has 0 aromatic heterocycles. The number of benzene rings is 1. The fourth-order valence-electron chi connectivity index (χ4n) is 3.81. The third-order valence-electron chi connectivity index (χ3n) is 5.15. The molecule has 22 heavy (non-hydrogen) atoms. The minimum atomic E-state index is 0.491. The summed E-state index contributed by atoms with van der Waals surface area (Å²) in [5, 5.41) is 4.28. The quantitative estimate of drug-likeness (QED) is 0.919. The zero-order valence-electron chi connectivity index (χ0n) is 13.6. The van der Waals surface area contributed by atoms with Crippen LogP contribution < -0.4 is 5.32 Å². The number of hydrogen-bond donors (Lipinski definition) is 1. The van der Waals surface area contributed by atoms with Crippen molar-refractivity contribution < 1.29 is 0 Å². The van der Waals surface area contributed by atoms with Gasteiger partial charge in [-0.05, 0) is 44.0 Å². The highest BCUT2D eigenvalue weighted by molar-refractivity contribution is 6.30. The number of piperazine rings is 1. The maximum Gasteiger partial charge on any atom is 0.0478 e. The summed E-state index contributed by atoms with van der Waals surface area (Å²) in [6.45, 7) is 9.29. The standard InChI is InChI=1S/C18H28ClN3/c1-15-4-2-3-11-22(15)18(14-21-12-9-20-10-13-21)16-5-7-17(19)8-6-16/h5-8,15,18,20H,2-4,9-14H2,1H3. The summed E-state index contributed by atoms with van der Waals surface area (Å²) in [7, 11) is 0. The van der Waals surface area contributed by atoms with Gasteiger partial charge in [0.25, 0.3) is 0 Å². The van der Waals surface area contributed by atoms with Crippen LogP contribution in [0.2, 0.25) is 5.02 Å². The first kappa shape index (κ1) is 16.3.